The first-order valence-electron chi connectivity index (χ1n) is 8.52. The molecule has 1 fully saturated rings. The molecule has 1 aromatic carbocycles. The molecule has 0 spiro atoms. The summed E-state index contributed by atoms with van der Waals surface area (Å²) in [6, 6.07) is 9.56. The smallest absolute Gasteiger partial charge is 0.0604 e. The number of likely N-dealkylation sites (N-methyl/N-ethyl adjacent to an activating group) is 1. The minimum Gasteiger partial charge on any atom is -0.371 e. The molecule has 0 aromatic heterocycles. The van der Waals surface area contributed by atoms with Crippen molar-refractivity contribution in [1.29, 1.82) is 0 Å². The molecule has 2 unspecified atom stereocenters. The lowest BCUT2D eigenvalue weighted by Crippen LogP contribution is -2.45. The number of rotatable bonds is 3. The zero-order valence-electron chi connectivity index (χ0n) is 13.5. The van der Waals surface area contributed by atoms with E-state index in [2.05, 4.69) is 53.5 Å². The van der Waals surface area contributed by atoms with Crippen molar-refractivity contribution in [3.8, 4) is 0 Å². The number of anilines is 2. The van der Waals surface area contributed by atoms with Crippen LogP contribution in [-0.2, 0) is 0 Å². The zero-order valence-corrected chi connectivity index (χ0v) is 13.5. The highest BCUT2D eigenvalue weighted by molar-refractivity contribution is 5.73. The van der Waals surface area contributed by atoms with Crippen molar-refractivity contribution in [2.75, 3.05) is 43.5 Å². The van der Waals surface area contributed by atoms with Gasteiger partial charge in [0.2, 0.25) is 0 Å². The molecule has 116 valence electrons. The first-order valence-corrected chi connectivity index (χ1v) is 8.52. The highest BCUT2D eigenvalue weighted by atomic mass is 15.3. The minimum absolute atomic E-state index is 0.694. The number of hydrogen-bond donors (Lipinski definition) is 1. The van der Waals surface area contributed by atoms with Gasteiger partial charge in [0.05, 0.1) is 11.4 Å². The third kappa shape index (κ3) is 3.18. The number of nitrogens with zero attached hydrogens (tertiary/aromatic N) is 2. The lowest BCUT2D eigenvalue weighted by molar-refractivity contribution is 0.351. The van der Waals surface area contributed by atoms with Crippen LogP contribution in [0, 0.1) is 5.92 Å². The van der Waals surface area contributed by atoms with E-state index in [1.165, 1.54) is 50.0 Å². The molecule has 0 bridgehead atoms. The van der Waals surface area contributed by atoms with E-state index >= 15 is 0 Å². The third-order valence-electron chi connectivity index (χ3n) is 5.32. The molecule has 3 heteroatoms. The molecule has 2 aliphatic rings. The monoisotopic (exact) mass is 287 g/mol. The van der Waals surface area contributed by atoms with Crippen LogP contribution in [0.4, 0.5) is 11.4 Å². The van der Waals surface area contributed by atoms with Gasteiger partial charge in [-0.1, -0.05) is 31.4 Å². The summed E-state index contributed by atoms with van der Waals surface area (Å²) >= 11 is 0. The average Bonchev–Trinajstić information content (AvgIpc) is 2.75. The fourth-order valence-electron chi connectivity index (χ4n) is 4.02. The number of hydrogen-bond acceptors (Lipinski definition) is 3. The van der Waals surface area contributed by atoms with Gasteiger partial charge in [0.15, 0.2) is 0 Å². The van der Waals surface area contributed by atoms with Crippen molar-refractivity contribution in [2.24, 2.45) is 5.92 Å². The summed E-state index contributed by atoms with van der Waals surface area (Å²) in [7, 11) is 4.35. The summed E-state index contributed by atoms with van der Waals surface area (Å²) < 4.78 is 0. The van der Waals surface area contributed by atoms with Crippen molar-refractivity contribution < 1.29 is 0 Å². The van der Waals surface area contributed by atoms with Crippen LogP contribution in [0.2, 0.25) is 0 Å². The Morgan fingerprint density at radius 2 is 1.81 bits per heavy atom. The molecule has 21 heavy (non-hydrogen) atoms. The number of benzene rings is 1. The van der Waals surface area contributed by atoms with E-state index < -0.39 is 0 Å². The van der Waals surface area contributed by atoms with E-state index in [4.69, 9.17) is 0 Å². The molecule has 1 heterocycles. The minimum atomic E-state index is 0.694. The van der Waals surface area contributed by atoms with E-state index in [1.54, 1.807) is 0 Å². The predicted octanol–water partition coefficient (Wildman–Crippen LogP) is 3.11. The van der Waals surface area contributed by atoms with Gasteiger partial charge in [-0.05, 0) is 37.9 Å². The first-order chi connectivity index (χ1) is 10.3. The van der Waals surface area contributed by atoms with Gasteiger partial charge in [-0.25, -0.2) is 0 Å². The van der Waals surface area contributed by atoms with Crippen LogP contribution in [0.3, 0.4) is 0 Å². The maximum absolute atomic E-state index is 3.58. The van der Waals surface area contributed by atoms with Crippen LogP contribution < -0.4 is 15.1 Å². The van der Waals surface area contributed by atoms with Crippen LogP contribution in [-0.4, -0.2) is 39.8 Å². The van der Waals surface area contributed by atoms with Crippen molar-refractivity contribution in [2.45, 2.75) is 38.1 Å². The van der Waals surface area contributed by atoms with Gasteiger partial charge in [-0.2, -0.15) is 0 Å². The number of para-hydroxylation sites is 2. The molecular weight excluding hydrogens is 258 g/mol. The van der Waals surface area contributed by atoms with Gasteiger partial charge in [0.25, 0.3) is 0 Å². The predicted molar refractivity (Wildman–Crippen MR) is 91.3 cm³/mol. The summed E-state index contributed by atoms with van der Waals surface area (Å²) in [6.07, 6.45) is 6.92. The molecule has 1 aliphatic carbocycles. The Kier molecular flexibility index (Phi) is 4.69. The molecule has 1 aromatic rings. The Balaban J connectivity index is 1.76. The normalized spacial score (nSPS) is 26.4. The second-order valence-electron chi connectivity index (χ2n) is 6.65. The molecule has 3 nitrogen and oxygen atoms in total. The number of nitrogens with one attached hydrogen (secondary N) is 1. The van der Waals surface area contributed by atoms with Crippen LogP contribution in [0.5, 0.6) is 0 Å². The fourth-order valence-corrected chi connectivity index (χ4v) is 4.02. The fraction of sp³-hybridized carbons (Fsp3) is 0.667. The van der Waals surface area contributed by atoms with Crippen LogP contribution in [0.1, 0.15) is 32.1 Å². The molecule has 0 amide bonds. The van der Waals surface area contributed by atoms with Gasteiger partial charge in [-0.3, -0.25) is 0 Å². The first kappa shape index (κ1) is 14.7. The average molecular weight is 287 g/mol. The summed E-state index contributed by atoms with van der Waals surface area (Å²) in [5.41, 5.74) is 2.81. The Morgan fingerprint density at radius 3 is 2.62 bits per heavy atom. The van der Waals surface area contributed by atoms with E-state index in [9.17, 15) is 0 Å². The van der Waals surface area contributed by atoms with E-state index in [1.807, 2.05) is 0 Å². The summed E-state index contributed by atoms with van der Waals surface area (Å²) in [5.74, 6) is 0.786. The molecule has 0 radical (unpaired) electrons. The lowest BCUT2D eigenvalue weighted by Gasteiger charge is -2.40. The maximum Gasteiger partial charge on any atom is 0.0604 e. The molecule has 0 saturated heterocycles. The molecule has 3 rings (SSSR count). The van der Waals surface area contributed by atoms with Gasteiger partial charge in [0, 0.05) is 32.7 Å². The summed E-state index contributed by atoms with van der Waals surface area (Å²) in [6.45, 7) is 3.49. The van der Waals surface area contributed by atoms with Crippen molar-refractivity contribution in [1.82, 2.24) is 5.32 Å². The molecular formula is C18H29N3. The molecule has 1 aliphatic heterocycles. The Morgan fingerprint density at radius 1 is 1.05 bits per heavy atom. The molecule has 2 atom stereocenters. The van der Waals surface area contributed by atoms with Crippen LogP contribution >= 0.6 is 0 Å². The SMILES string of the molecule is CNC1CCCCCC1CN1CCN(C)c2ccccc21. The lowest BCUT2D eigenvalue weighted by atomic mass is 9.93. The van der Waals surface area contributed by atoms with E-state index in [-0.39, 0.29) is 0 Å². The highest BCUT2D eigenvalue weighted by Crippen LogP contribution is 2.34. The number of fused-ring (bicyclic) bond motifs is 1. The summed E-state index contributed by atoms with van der Waals surface area (Å²) in [5, 5.41) is 3.58. The maximum atomic E-state index is 3.58. The van der Waals surface area contributed by atoms with Gasteiger partial charge < -0.3 is 15.1 Å². The summed E-state index contributed by atoms with van der Waals surface area (Å²) in [4.78, 5) is 5.00. The Labute approximate surface area is 129 Å². The van der Waals surface area contributed by atoms with Crippen molar-refractivity contribution >= 4 is 11.4 Å². The standard InChI is InChI=1S/C18H29N3/c1-19-16-9-5-3-4-8-15(16)14-21-13-12-20(2)17-10-6-7-11-18(17)21/h6-7,10-11,15-16,19H,3-5,8-9,12-14H2,1-2H3. The largest absolute Gasteiger partial charge is 0.371 e. The van der Waals surface area contributed by atoms with E-state index in [0.29, 0.717) is 6.04 Å². The Bertz CT molecular complexity index is 460. The van der Waals surface area contributed by atoms with Gasteiger partial charge >= 0.3 is 0 Å². The topological polar surface area (TPSA) is 18.5 Å². The zero-order chi connectivity index (χ0) is 14.7. The van der Waals surface area contributed by atoms with E-state index in [0.717, 1.165) is 19.0 Å². The highest BCUT2D eigenvalue weighted by Gasteiger charge is 2.27. The van der Waals surface area contributed by atoms with Crippen LogP contribution in [0.15, 0.2) is 24.3 Å². The quantitative estimate of drug-likeness (QED) is 0.862. The Hall–Kier alpha value is -1.22. The second-order valence-corrected chi connectivity index (χ2v) is 6.65. The van der Waals surface area contributed by atoms with Crippen LogP contribution in [0.25, 0.3) is 0 Å². The third-order valence-corrected chi connectivity index (χ3v) is 5.32. The van der Waals surface area contributed by atoms with Crippen molar-refractivity contribution in [3.63, 3.8) is 0 Å². The van der Waals surface area contributed by atoms with Crippen molar-refractivity contribution in [3.05, 3.63) is 24.3 Å². The van der Waals surface area contributed by atoms with Gasteiger partial charge in [-0.15, -0.1) is 0 Å². The van der Waals surface area contributed by atoms with Gasteiger partial charge in [0.1, 0.15) is 0 Å². The molecule has 1 N–H and O–H groups in total. The second kappa shape index (κ2) is 6.69. The molecule has 1 saturated carbocycles.